The van der Waals surface area contributed by atoms with Gasteiger partial charge < -0.3 is 10.1 Å². The molecule has 0 radical (unpaired) electrons. The first-order chi connectivity index (χ1) is 14.8. The summed E-state index contributed by atoms with van der Waals surface area (Å²) in [6, 6.07) is 15.1. The predicted octanol–water partition coefficient (Wildman–Crippen LogP) is 4.10. The van der Waals surface area contributed by atoms with Crippen molar-refractivity contribution in [1.82, 2.24) is 4.31 Å². The molecule has 1 N–H and O–H groups in total. The number of ether oxygens (including phenoxy) is 1. The van der Waals surface area contributed by atoms with Crippen LogP contribution < -0.4 is 10.1 Å². The van der Waals surface area contributed by atoms with Crippen LogP contribution in [0.15, 0.2) is 70.3 Å². The number of anilines is 1. The molecular formula is C21H18F2N2O4S2. The van der Waals surface area contributed by atoms with E-state index < -0.39 is 28.6 Å². The van der Waals surface area contributed by atoms with Crippen LogP contribution in [0.4, 0.5) is 14.5 Å². The fraction of sp³-hybridized carbons (Fsp3) is 0.190. The van der Waals surface area contributed by atoms with Crippen LogP contribution >= 0.6 is 11.3 Å². The summed E-state index contributed by atoms with van der Waals surface area (Å²) in [7, 11) is -3.88. The number of thiophene rings is 1. The van der Waals surface area contributed by atoms with Gasteiger partial charge in [-0.2, -0.15) is 13.1 Å². The Hall–Kier alpha value is -2.82. The zero-order valence-corrected chi connectivity index (χ0v) is 17.7. The van der Waals surface area contributed by atoms with Crippen LogP contribution in [-0.4, -0.2) is 31.3 Å². The van der Waals surface area contributed by atoms with Crippen molar-refractivity contribution in [2.45, 2.75) is 29.8 Å². The monoisotopic (exact) mass is 464 g/mol. The number of nitrogens with zero attached hydrogens (tertiary/aromatic N) is 1. The van der Waals surface area contributed by atoms with Crippen LogP contribution in [0, 0.1) is 0 Å². The Balaban J connectivity index is 1.61. The normalized spacial score (nSPS) is 16.7. The Morgan fingerprint density at radius 2 is 1.77 bits per heavy atom. The van der Waals surface area contributed by atoms with Crippen molar-refractivity contribution in [1.29, 1.82) is 0 Å². The van der Waals surface area contributed by atoms with Crippen molar-refractivity contribution in [3.05, 3.63) is 77.2 Å². The number of hydrogen-bond acceptors (Lipinski definition) is 5. The van der Waals surface area contributed by atoms with Gasteiger partial charge in [-0.15, -0.1) is 11.3 Å². The SMILES string of the molecule is O=C(Nc1ccc(OC(F)F)cc1)C1Cc2ccccc2CN1S(=O)(=O)c1cccs1. The summed E-state index contributed by atoms with van der Waals surface area (Å²) in [6.45, 7) is -2.87. The number of fused-ring (bicyclic) bond motifs is 1. The van der Waals surface area contributed by atoms with Gasteiger partial charge in [0, 0.05) is 12.2 Å². The number of halogens is 2. The summed E-state index contributed by atoms with van der Waals surface area (Å²) in [5.41, 5.74) is 2.10. The van der Waals surface area contributed by atoms with Gasteiger partial charge in [0.2, 0.25) is 5.91 Å². The minimum atomic E-state index is -3.88. The van der Waals surface area contributed by atoms with E-state index in [0.29, 0.717) is 5.69 Å². The highest BCUT2D eigenvalue weighted by Gasteiger charge is 2.40. The van der Waals surface area contributed by atoms with Gasteiger partial charge in [0.25, 0.3) is 10.0 Å². The lowest BCUT2D eigenvalue weighted by Crippen LogP contribution is -2.50. The van der Waals surface area contributed by atoms with Crippen LogP contribution in [0.3, 0.4) is 0 Å². The number of alkyl halides is 2. The topological polar surface area (TPSA) is 75.7 Å². The van der Waals surface area contributed by atoms with Gasteiger partial charge in [0.15, 0.2) is 0 Å². The lowest BCUT2D eigenvalue weighted by molar-refractivity contribution is -0.120. The first-order valence-corrected chi connectivity index (χ1v) is 11.6. The van der Waals surface area contributed by atoms with E-state index >= 15 is 0 Å². The van der Waals surface area contributed by atoms with Gasteiger partial charge >= 0.3 is 6.61 Å². The number of amides is 1. The zero-order chi connectivity index (χ0) is 22.0. The van der Waals surface area contributed by atoms with Crippen LogP contribution in [0.5, 0.6) is 5.75 Å². The summed E-state index contributed by atoms with van der Waals surface area (Å²) in [6.07, 6.45) is 0.221. The summed E-state index contributed by atoms with van der Waals surface area (Å²) in [5, 5.41) is 4.36. The molecule has 0 bridgehead atoms. The Morgan fingerprint density at radius 1 is 1.06 bits per heavy atom. The van der Waals surface area contributed by atoms with E-state index in [1.165, 1.54) is 34.6 Å². The van der Waals surface area contributed by atoms with Gasteiger partial charge in [-0.1, -0.05) is 30.3 Å². The highest BCUT2D eigenvalue weighted by atomic mass is 32.2. The van der Waals surface area contributed by atoms with Crippen LogP contribution in [0.2, 0.25) is 0 Å². The molecule has 0 saturated heterocycles. The molecule has 1 unspecified atom stereocenters. The van der Waals surface area contributed by atoms with E-state index in [1.807, 2.05) is 24.3 Å². The maximum absolute atomic E-state index is 13.2. The van der Waals surface area contributed by atoms with Gasteiger partial charge in [0.05, 0.1) is 0 Å². The quantitative estimate of drug-likeness (QED) is 0.596. The smallest absolute Gasteiger partial charge is 0.387 e. The largest absolute Gasteiger partial charge is 0.435 e. The number of carbonyl (C=O) groups is 1. The maximum atomic E-state index is 13.2. The molecule has 3 aromatic rings. The lowest BCUT2D eigenvalue weighted by Gasteiger charge is -2.34. The molecule has 2 aromatic carbocycles. The lowest BCUT2D eigenvalue weighted by atomic mass is 9.95. The molecule has 0 fully saturated rings. The average Bonchev–Trinajstić information content (AvgIpc) is 3.30. The Morgan fingerprint density at radius 3 is 2.42 bits per heavy atom. The first kappa shape index (κ1) is 21.4. The fourth-order valence-corrected chi connectivity index (χ4v) is 6.13. The summed E-state index contributed by atoms with van der Waals surface area (Å²) in [4.78, 5) is 13.1. The highest BCUT2D eigenvalue weighted by molar-refractivity contribution is 7.91. The molecule has 4 rings (SSSR count). The van der Waals surface area contributed by atoms with Crippen molar-refractivity contribution in [2.75, 3.05) is 5.32 Å². The highest BCUT2D eigenvalue weighted by Crippen LogP contribution is 2.31. The molecule has 31 heavy (non-hydrogen) atoms. The van der Waals surface area contributed by atoms with E-state index in [1.54, 1.807) is 11.4 Å². The third-order valence-electron chi connectivity index (χ3n) is 4.91. The number of carbonyl (C=O) groups excluding carboxylic acids is 1. The van der Waals surface area contributed by atoms with E-state index in [0.717, 1.165) is 22.5 Å². The van der Waals surface area contributed by atoms with Crippen molar-refractivity contribution in [2.24, 2.45) is 0 Å². The Labute approximate surface area is 182 Å². The number of hydrogen-bond donors (Lipinski definition) is 1. The molecule has 0 aliphatic carbocycles. The zero-order valence-electron chi connectivity index (χ0n) is 16.1. The van der Waals surface area contributed by atoms with Crippen LogP contribution in [0.1, 0.15) is 11.1 Å². The molecule has 1 aliphatic heterocycles. The van der Waals surface area contributed by atoms with E-state index in [9.17, 15) is 22.0 Å². The van der Waals surface area contributed by atoms with Crippen molar-refractivity contribution in [3.8, 4) is 5.75 Å². The molecule has 1 aromatic heterocycles. The molecule has 0 saturated carbocycles. The van der Waals surface area contributed by atoms with Crippen LogP contribution in [0.25, 0.3) is 0 Å². The third-order valence-corrected chi connectivity index (χ3v) is 8.14. The summed E-state index contributed by atoms with van der Waals surface area (Å²) >= 11 is 1.09. The molecule has 2 heterocycles. The third kappa shape index (κ3) is 4.60. The van der Waals surface area contributed by atoms with Gasteiger partial charge in [-0.05, 0) is 53.3 Å². The molecule has 1 aliphatic rings. The maximum Gasteiger partial charge on any atom is 0.387 e. The van der Waals surface area contributed by atoms with Crippen molar-refractivity contribution < 1.29 is 26.7 Å². The Kier molecular flexibility index (Phi) is 6.03. The fourth-order valence-electron chi connectivity index (χ4n) is 3.45. The second-order valence-corrected chi connectivity index (χ2v) is 9.93. The first-order valence-electron chi connectivity index (χ1n) is 9.32. The van der Waals surface area contributed by atoms with Gasteiger partial charge in [0.1, 0.15) is 16.0 Å². The van der Waals surface area contributed by atoms with E-state index in [-0.39, 0.29) is 22.9 Å². The number of rotatable bonds is 6. The van der Waals surface area contributed by atoms with Crippen LogP contribution in [-0.2, 0) is 27.8 Å². The van der Waals surface area contributed by atoms with Crippen molar-refractivity contribution in [3.63, 3.8) is 0 Å². The molecule has 0 spiro atoms. The summed E-state index contributed by atoms with van der Waals surface area (Å²) in [5.74, 6) is -0.543. The predicted molar refractivity (Wildman–Crippen MR) is 113 cm³/mol. The second-order valence-electron chi connectivity index (χ2n) is 6.86. The number of sulfonamides is 1. The standard InChI is InChI=1S/C21H18F2N2O4S2/c22-21(23)29-17-9-7-16(8-10-17)24-20(26)18-12-14-4-1-2-5-15(14)13-25(18)31(27,28)19-6-3-11-30-19/h1-11,18,21H,12-13H2,(H,24,26). The molecule has 162 valence electrons. The van der Waals surface area contributed by atoms with Gasteiger partial charge in [-0.3, -0.25) is 4.79 Å². The molecule has 1 amide bonds. The minimum absolute atomic E-state index is 0.0403. The van der Waals surface area contributed by atoms with Crippen molar-refractivity contribution >= 4 is 33.0 Å². The molecular weight excluding hydrogens is 446 g/mol. The number of benzene rings is 2. The molecule has 6 nitrogen and oxygen atoms in total. The van der Waals surface area contributed by atoms with E-state index in [4.69, 9.17) is 0 Å². The minimum Gasteiger partial charge on any atom is -0.435 e. The van der Waals surface area contributed by atoms with E-state index in [2.05, 4.69) is 10.1 Å². The Bertz CT molecular complexity index is 1170. The second kappa shape index (κ2) is 8.74. The summed E-state index contributed by atoms with van der Waals surface area (Å²) < 4.78 is 56.8. The number of nitrogens with one attached hydrogen (secondary N) is 1. The molecule has 10 heteroatoms. The average molecular weight is 465 g/mol. The molecule has 1 atom stereocenters. The van der Waals surface area contributed by atoms with Gasteiger partial charge in [-0.25, -0.2) is 8.42 Å².